The normalized spacial score (nSPS) is 12.8. The molecule has 0 aliphatic rings. The number of carbonyl (C=O) groups is 1. The van der Waals surface area contributed by atoms with Crippen molar-refractivity contribution in [1.82, 2.24) is 4.57 Å². The molecule has 0 saturated heterocycles. The number of nitrogens with zero attached hydrogens (tertiary/aromatic N) is 1. The zero-order valence-electron chi connectivity index (χ0n) is 19.0. The first-order valence-corrected chi connectivity index (χ1v) is 10.9. The van der Waals surface area contributed by atoms with Gasteiger partial charge in [0.15, 0.2) is 6.10 Å². The number of esters is 1. The van der Waals surface area contributed by atoms with Crippen molar-refractivity contribution in [2.75, 3.05) is 7.11 Å². The van der Waals surface area contributed by atoms with Crippen LogP contribution in [0.1, 0.15) is 43.7 Å². The molecule has 0 fully saturated rings. The van der Waals surface area contributed by atoms with Gasteiger partial charge in [0.2, 0.25) is 0 Å². The minimum absolute atomic E-state index is 0.203. The highest BCUT2D eigenvalue weighted by molar-refractivity contribution is 9.10. The number of methoxy groups -OCH3 is 1. The number of aromatic nitrogens is 1. The monoisotopic (exact) mass is 485 g/mol. The topological polar surface area (TPSA) is 57.5 Å². The summed E-state index contributed by atoms with van der Waals surface area (Å²) in [6.07, 6.45) is -1.06. The fraction of sp³-hybridized carbons (Fsp3) is 0.360. The summed E-state index contributed by atoms with van der Waals surface area (Å²) in [4.78, 5) is 26.2. The average molecular weight is 486 g/mol. The Bertz CT molecular complexity index is 1220. The van der Waals surface area contributed by atoms with Crippen LogP contribution in [-0.4, -0.2) is 23.2 Å². The summed E-state index contributed by atoms with van der Waals surface area (Å²) < 4.78 is 13.6. The smallest absolute Gasteiger partial charge is 0.341 e. The number of halogens is 1. The number of rotatable bonds is 4. The van der Waals surface area contributed by atoms with E-state index in [2.05, 4.69) is 28.9 Å². The van der Waals surface area contributed by atoms with Gasteiger partial charge in [-0.1, -0.05) is 40.2 Å². The molecule has 1 unspecified atom stereocenters. The third-order valence-electron chi connectivity index (χ3n) is 5.33. The maximum atomic E-state index is 13.3. The van der Waals surface area contributed by atoms with Crippen LogP contribution >= 0.6 is 15.9 Å². The molecule has 0 radical (unpaired) electrons. The number of pyridine rings is 1. The number of aryl methyl sites for hydroxylation is 2. The number of carbonyl (C=O) groups excluding carboxylic acids is 1. The first-order valence-electron chi connectivity index (χ1n) is 10.1. The second-order valence-electron chi connectivity index (χ2n) is 8.75. The zero-order chi connectivity index (χ0) is 23.1. The van der Waals surface area contributed by atoms with E-state index in [1.54, 1.807) is 7.05 Å². The summed E-state index contributed by atoms with van der Waals surface area (Å²) in [5.41, 5.74) is 3.62. The maximum Gasteiger partial charge on any atom is 0.341 e. The lowest BCUT2D eigenvalue weighted by molar-refractivity contribution is -0.165. The fourth-order valence-corrected chi connectivity index (χ4v) is 4.05. The number of fused-ring (bicyclic) bond motifs is 1. The molecule has 2 aromatic carbocycles. The molecule has 0 spiro atoms. The molecular formula is C25H28BrNO4. The van der Waals surface area contributed by atoms with E-state index >= 15 is 0 Å². The number of hydrogen-bond donors (Lipinski definition) is 0. The van der Waals surface area contributed by atoms with E-state index in [1.165, 1.54) is 11.7 Å². The molecule has 3 aromatic rings. The van der Waals surface area contributed by atoms with Crippen LogP contribution in [0.3, 0.4) is 0 Å². The van der Waals surface area contributed by atoms with Crippen molar-refractivity contribution < 1.29 is 14.3 Å². The summed E-state index contributed by atoms with van der Waals surface area (Å²) in [5.74, 6) is -0.550. The van der Waals surface area contributed by atoms with E-state index in [0.717, 1.165) is 32.1 Å². The summed E-state index contributed by atoms with van der Waals surface area (Å²) in [7, 11) is 3.00. The van der Waals surface area contributed by atoms with E-state index in [4.69, 9.17) is 9.47 Å². The van der Waals surface area contributed by atoms with Gasteiger partial charge >= 0.3 is 5.97 Å². The predicted molar refractivity (Wildman–Crippen MR) is 127 cm³/mol. The minimum atomic E-state index is -1.06. The molecule has 0 bridgehead atoms. The Morgan fingerprint density at radius 2 is 1.71 bits per heavy atom. The molecule has 1 aromatic heterocycles. The van der Waals surface area contributed by atoms with Gasteiger partial charge in [0.1, 0.15) is 0 Å². The van der Waals surface area contributed by atoms with Crippen molar-refractivity contribution in [3.05, 3.63) is 68.0 Å². The Morgan fingerprint density at radius 3 is 2.29 bits per heavy atom. The van der Waals surface area contributed by atoms with Crippen LogP contribution in [0, 0.1) is 13.8 Å². The van der Waals surface area contributed by atoms with Crippen LogP contribution < -0.4 is 5.56 Å². The third kappa shape index (κ3) is 4.60. The third-order valence-corrected chi connectivity index (χ3v) is 5.83. The second kappa shape index (κ2) is 8.60. The Balaban J connectivity index is 2.50. The summed E-state index contributed by atoms with van der Waals surface area (Å²) in [6.45, 7) is 9.71. The molecule has 1 heterocycles. The lowest BCUT2D eigenvalue weighted by Gasteiger charge is -2.29. The molecule has 6 heteroatoms. The van der Waals surface area contributed by atoms with Crippen LogP contribution in [0.25, 0.3) is 21.9 Å². The molecular weight excluding hydrogens is 458 g/mol. The Hall–Kier alpha value is -2.44. The van der Waals surface area contributed by atoms with Crippen LogP contribution in [0.5, 0.6) is 0 Å². The molecule has 0 N–H and O–H groups in total. The Morgan fingerprint density at radius 1 is 1.03 bits per heavy atom. The van der Waals surface area contributed by atoms with Crippen LogP contribution in [0.4, 0.5) is 0 Å². The standard InChI is InChI=1S/C25H28BrNO4/c1-14-8-9-16(12-15(14)2)20-18-11-10-17(26)13-19(18)23(28)27(6)21(20)22(24(29)30-7)31-25(3,4)5/h8-13,22H,1-7H3. The van der Waals surface area contributed by atoms with Gasteiger partial charge in [-0.25, -0.2) is 4.79 Å². The Labute approximate surface area is 191 Å². The highest BCUT2D eigenvalue weighted by Gasteiger charge is 2.33. The number of hydrogen-bond acceptors (Lipinski definition) is 4. The molecule has 3 rings (SSSR count). The van der Waals surface area contributed by atoms with Gasteiger partial charge in [-0.3, -0.25) is 4.79 Å². The van der Waals surface area contributed by atoms with Crippen molar-refractivity contribution in [2.24, 2.45) is 7.05 Å². The lowest BCUT2D eigenvalue weighted by atomic mass is 9.92. The SMILES string of the molecule is COC(=O)C(OC(C)(C)C)c1c(-c2ccc(C)c(C)c2)c2ccc(Br)cc2c(=O)n1C. The first kappa shape index (κ1) is 23.2. The van der Waals surface area contributed by atoms with E-state index in [-0.39, 0.29) is 5.56 Å². The minimum Gasteiger partial charge on any atom is -0.467 e. The van der Waals surface area contributed by atoms with Crippen molar-refractivity contribution in [3.63, 3.8) is 0 Å². The molecule has 0 aliphatic heterocycles. The van der Waals surface area contributed by atoms with Gasteiger partial charge < -0.3 is 14.0 Å². The van der Waals surface area contributed by atoms with Gasteiger partial charge in [-0.2, -0.15) is 0 Å². The summed E-state index contributed by atoms with van der Waals surface area (Å²) in [6, 6.07) is 11.7. The molecule has 164 valence electrons. The zero-order valence-corrected chi connectivity index (χ0v) is 20.6. The van der Waals surface area contributed by atoms with Gasteiger partial charge in [0, 0.05) is 22.5 Å². The van der Waals surface area contributed by atoms with Gasteiger partial charge in [-0.15, -0.1) is 0 Å². The molecule has 31 heavy (non-hydrogen) atoms. The van der Waals surface area contributed by atoms with Crippen molar-refractivity contribution in [2.45, 2.75) is 46.3 Å². The summed E-state index contributed by atoms with van der Waals surface area (Å²) in [5, 5.41) is 1.32. The van der Waals surface area contributed by atoms with E-state index in [1.807, 2.05) is 58.0 Å². The molecule has 0 aliphatic carbocycles. The van der Waals surface area contributed by atoms with Gasteiger partial charge in [0.25, 0.3) is 5.56 Å². The molecule has 5 nitrogen and oxygen atoms in total. The lowest BCUT2D eigenvalue weighted by Crippen LogP contribution is -2.33. The van der Waals surface area contributed by atoms with E-state index < -0.39 is 17.7 Å². The van der Waals surface area contributed by atoms with E-state index in [9.17, 15) is 9.59 Å². The van der Waals surface area contributed by atoms with Crippen molar-refractivity contribution in [3.8, 4) is 11.1 Å². The van der Waals surface area contributed by atoms with Crippen molar-refractivity contribution in [1.29, 1.82) is 0 Å². The number of ether oxygens (including phenoxy) is 2. The maximum absolute atomic E-state index is 13.3. The predicted octanol–water partition coefficient (Wildman–Crippen LogP) is 5.61. The highest BCUT2D eigenvalue weighted by atomic mass is 79.9. The average Bonchev–Trinajstić information content (AvgIpc) is 2.70. The van der Waals surface area contributed by atoms with Crippen molar-refractivity contribution >= 4 is 32.7 Å². The van der Waals surface area contributed by atoms with Crippen LogP contribution in [0.15, 0.2) is 45.7 Å². The largest absolute Gasteiger partial charge is 0.467 e. The Kier molecular flexibility index (Phi) is 6.44. The van der Waals surface area contributed by atoms with Crippen LogP contribution in [-0.2, 0) is 21.3 Å². The van der Waals surface area contributed by atoms with Crippen LogP contribution in [0.2, 0.25) is 0 Å². The number of benzene rings is 2. The first-order chi connectivity index (χ1) is 14.4. The quantitative estimate of drug-likeness (QED) is 0.450. The molecule has 0 amide bonds. The van der Waals surface area contributed by atoms with Gasteiger partial charge in [-0.05, 0) is 68.8 Å². The second-order valence-corrected chi connectivity index (χ2v) is 9.66. The fourth-order valence-electron chi connectivity index (χ4n) is 3.69. The van der Waals surface area contributed by atoms with Gasteiger partial charge in [0.05, 0.1) is 18.4 Å². The van der Waals surface area contributed by atoms with E-state index in [0.29, 0.717) is 11.1 Å². The molecule has 1 atom stereocenters. The highest BCUT2D eigenvalue weighted by Crippen LogP contribution is 2.38. The summed E-state index contributed by atoms with van der Waals surface area (Å²) >= 11 is 3.47. The molecule has 0 saturated carbocycles.